The number of nitrogens with one attached hydrogen (secondary N) is 1. The Balaban J connectivity index is 1.96. The van der Waals surface area contributed by atoms with Crippen molar-refractivity contribution in [3.05, 3.63) is 45.4 Å². The Kier molecular flexibility index (Phi) is 3.99. The van der Waals surface area contributed by atoms with Crippen LogP contribution in [0.25, 0.3) is 0 Å². The minimum Gasteiger partial charge on any atom is -0.496 e. The second-order valence-electron chi connectivity index (χ2n) is 4.83. The van der Waals surface area contributed by atoms with Gasteiger partial charge in [-0.15, -0.1) is 11.3 Å². The van der Waals surface area contributed by atoms with Crippen molar-refractivity contribution in [3.8, 4) is 5.75 Å². The van der Waals surface area contributed by atoms with Crippen LogP contribution in [0.1, 0.15) is 27.3 Å². The minimum atomic E-state index is -0.329. The van der Waals surface area contributed by atoms with Gasteiger partial charge in [-0.1, -0.05) is 15.9 Å². The molecule has 1 N–H and O–H groups in total. The first-order valence-corrected chi connectivity index (χ1v) is 8.26. The lowest BCUT2D eigenvalue weighted by atomic mass is 9.98. The maximum atomic E-state index is 14.3. The molecule has 21 heavy (non-hydrogen) atoms. The number of thiophene rings is 1. The van der Waals surface area contributed by atoms with Gasteiger partial charge in [0, 0.05) is 27.9 Å². The van der Waals surface area contributed by atoms with Crippen LogP contribution in [0.3, 0.4) is 0 Å². The molecule has 3 rings (SSSR count). The van der Waals surface area contributed by atoms with Crippen LogP contribution in [0.15, 0.2) is 23.6 Å². The number of fused-ring (bicyclic) bond motifs is 1. The molecule has 110 valence electrons. The van der Waals surface area contributed by atoms with E-state index < -0.39 is 0 Å². The highest BCUT2D eigenvalue weighted by Crippen LogP contribution is 2.40. The van der Waals surface area contributed by atoms with Gasteiger partial charge in [0.25, 0.3) is 0 Å². The van der Waals surface area contributed by atoms with E-state index in [9.17, 15) is 9.18 Å². The van der Waals surface area contributed by atoms with E-state index in [0.29, 0.717) is 24.1 Å². The Hall–Kier alpha value is -1.40. The fourth-order valence-electron chi connectivity index (χ4n) is 2.34. The van der Waals surface area contributed by atoms with Gasteiger partial charge >= 0.3 is 0 Å². The molecule has 3 nitrogen and oxygen atoms in total. The molecule has 1 atom stereocenters. The van der Waals surface area contributed by atoms with E-state index in [1.54, 1.807) is 7.11 Å². The van der Waals surface area contributed by atoms with Gasteiger partial charge in [-0.25, -0.2) is 4.39 Å². The predicted molar refractivity (Wildman–Crippen MR) is 85.0 cm³/mol. The highest BCUT2D eigenvalue weighted by Gasteiger charge is 2.22. The van der Waals surface area contributed by atoms with E-state index >= 15 is 0 Å². The van der Waals surface area contributed by atoms with Gasteiger partial charge in [0.1, 0.15) is 11.6 Å². The van der Waals surface area contributed by atoms with Crippen molar-refractivity contribution >= 4 is 38.9 Å². The molecule has 0 radical (unpaired) electrons. The second kappa shape index (κ2) is 5.77. The molecule has 1 unspecified atom stereocenters. The summed E-state index contributed by atoms with van der Waals surface area (Å²) in [5.41, 5.74) is 2.13. The van der Waals surface area contributed by atoms with E-state index in [1.165, 1.54) is 17.4 Å². The number of rotatable bonds is 3. The molecule has 1 aromatic carbocycles. The maximum Gasteiger partial charge on any atom is 0.224 e. The molecule has 0 spiro atoms. The molecular weight excluding hydrogens is 357 g/mol. The zero-order chi connectivity index (χ0) is 15.0. The number of carbonyl (C=O) groups excluding carboxylic acids is 1. The molecule has 1 aliphatic heterocycles. The van der Waals surface area contributed by atoms with Gasteiger partial charge in [-0.2, -0.15) is 0 Å². The van der Waals surface area contributed by atoms with Gasteiger partial charge < -0.3 is 10.1 Å². The van der Waals surface area contributed by atoms with Crippen molar-refractivity contribution in [3.63, 3.8) is 0 Å². The van der Waals surface area contributed by atoms with Crippen LogP contribution in [0.5, 0.6) is 5.75 Å². The first-order chi connectivity index (χ1) is 10.1. The Morgan fingerprint density at radius 3 is 2.90 bits per heavy atom. The fraction of sp³-hybridized carbons (Fsp3) is 0.267. The molecule has 0 bridgehead atoms. The van der Waals surface area contributed by atoms with E-state index in [2.05, 4.69) is 21.2 Å². The molecule has 0 saturated carbocycles. The average molecular weight is 370 g/mol. The molecular formula is C15H13BrFNO2S. The lowest BCUT2D eigenvalue weighted by Crippen LogP contribution is -2.19. The summed E-state index contributed by atoms with van der Waals surface area (Å²) in [6.07, 6.45) is 1.08. The van der Waals surface area contributed by atoms with Crippen LogP contribution in [0.2, 0.25) is 0 Å². The third-order valence-electron chi connectivity index (χ3n) is 3.47. The summed E-state index contributed by atoms with van der Waals surface area (Å²) in [5, 5.41) is 4.60. The number of methoxy groups -OCH3 is 1. The fourth-order valence-corrected chi connectivity index (χ4v) is 4.00. The van der Waals surface area contributed by atoms with E-state index in [0.717, 1.165) is 16.2 Å². The molecule has 1 aromatic heterocycles. The zero-order valence-corrected chi connectivity index (χ0v) is 13.7. The highest BCUT2D eigenvalue weighted by atomic mass is 79.9. The summed E-state index contributed by atoms with van der Waals surface area (Å²) in [6.45, 7) is 0. The summed E-state index contributed by atoms with van der Waals surface area (Å²) < 4.78 is 19.5. The predicted octanol–water partition coefficient (Wildman–Crippen LogP) is 4.26. The first kappa shape index (κ1) is 14.5. The van der Waals surface area contributed by atoms with Gasteiger partial charge in [0.05, 0.1) is 11.9 Å². The summed E-state index contributed by atoms with van der Waals surface area (Å²) in [6, 6.07) is 5.13. The molecule has 1 amide bonds. The second-order valence-corrected chi connectivity index (χ2v) is 6.69. The smallest absolute Gasteiger partial charge is 0.224 e. The van der Waals surface area contributed by atoms with Crippen LogP contribution in [-0.2, 0) is 11.2 Å². The number of alkyl halides is 1. The standard InChI is InChI=1S/C15H13BrFNO2S/c1-20-9-5-13(21-7-9)15(16)10-4-8-2-3-14(19)18-12(8)6-11(10)17/h4-7,15H,2-3H2,1H3,(H,18,19). The number of anilines is 1. The molecule has 0 saturated heterocycles. The Morgan fingerprint density at radius 1 is 1.38 bits per heavy atom. The van der Waals surface area contributed by atoms with E-state index in [4.69, 9.17) is 4.74 Å². The minimum absolute atomic E-state index is 0.0620. The zero-order valence-electron chi connectivity index (χ0n) is 11.3. The Morgan fingerprint density at radius 2 is 2.19 bits per heavy atom. The monoisotopic (exact) mass is 369 g/mol. The number of amides is 1. The van der Waals surface area contributed by atoms with Crippen LogP contribution in [0.4, 0.5) is 10.1 Å². The van der Waals surface area contributed by atoms with Gasteiger partial charge in [-0.05, 0) is 30.2 Å². The first-order valence-electron chi connectivity index (χ1n) is 6.47. The van der Waals surface area contributed by atoms with Crippen molar-refractivity contribution in [2.45, 2.75) is 17.7 Å². The van der Waals surface area contributed by atoms with Gasteiger partial charge in [-0.3, -0.25) is 4.79 Å². The number of halogens is 2. The summed E-state index contributed by atoms with van der Waals surface area (Å²) in [4.78, 5) is 12.1. The summed E-state index contributed by atoms with van der Waals surface area (Å²) in [7, 11) is 1.61. The lowest BCUT2D eigenvalue weighted by Gasteiger charge is -2.19. The van der Waals surface area contributed by atoms with Gasteiger partial charge in [0.15, 0.2) is 0 Å². The van der Waals surface area contributed by atoms with Crippen molar-refractivity contribution < 1.29 is 13.9 Å². The van der Waals surface area contributed by atoms with Crippen molar-refractivity contribution in [1.82, 2.24) is 0 Å². The molecule has 6 heteroatoms. The molecule has 0 fully saturated rings. The SMILES string of the molecule is COc1csc(C(Br)c2cc3c(cc2F)NC(=O)CC3)c1. The molecule has 2 heterocycles. The van der Waals surface area contributed by atoms with Crippen LogP contribution >= 0.6 is 27.3 Å². The number of carbonyl (C=O) groups is 1. The summed E-state index contributed by atoms with van der Waals surface area (Å²) >= 11 is 5.07. The topological polar surface area (TPSA) is 38.3 Å². The average Bonchev–Trinajstić information content (AvgIpc) is 2.94. The number of hydrogen-bond acceptors (Lipinski definition) is 3. The van der Waals surface area contributed by atoms with E-state index in [1.807, 2.05) is 17.5 Å². The third kappa shape index (κ3) is 2.82. The molecule has 0 aliphatic carbocycles. The van der Waals surface area contributed by atoms with E-state index in [-0.39, 0.29) is 16.6 Å². The molecule has 1 aliphatic rings. The number of hydrogen-bond donors (Lipinski definition) is 1. The quantitative estimate of drug-likeness (QED) is 0.820. The van der Waals surface area contributed by atoms with Crippen LogP contribution in [-0.4, -0.2) is 13.0 Å². The highest BCUT2D eigenvalue weighted by molar-refractivity contribution is 9.09. The maximum absolute atomic E-state index is 14.3. The van der Waals surface area contributed by atoms with Crippen LogP contribution < -0.4 is 10.1 Å². The number of benzene rings is 1. The van der Waals surface area contributed by atoms with Crippen LogP contribution in [0, 0.1) is 5.82 Å². The summed E-state index contributed by atoms with van der Waals surface area (Å²) in [5.74, 6) is 0.378. The van der Waals surface area contributed by atoms with Crippen molar-refractivity contribution in [1.29, 1.82) is 0 Å². The lowest BCUT2D eigenvalue weighted by molar-refractivity contribution is -0.116. The third-order valence-corrected chi connectivity index (χ3v) is 5.74. The number of ether oxygens (including phenoxy) is 1. The largest absolute Gasteiger partial charge is 0.496 e. The molecule has 2 aromatic rings. The Bertz CT molecular complexity index is 701. The number of aryl methyl sites for hydroxylation is 1. The Labute approximate surface area is 134 Å². The normalized spacial score (nSPS) is 15.3. The van der Waals surface area contributed by atoms with Crippen molar-refractivity contribution in [2.75, 3.05) is 12.4 Å². The van der Waals surface area contributed by atoms with Crippen molar-refractivity contribution in [2.24, 2.45) is 0 Å². The van der Waals surface area contributed by atoms with Gasteiger partial charge in [0.2, 0.25) is 5.91 Å².